The molecule has 3 aromatic rings. The van der Waals surface area contributed by atoms with Crippen molar-refractivity contribution in [1.82, 2.24) is 15.1 Å². The Balaban J connectivity index is 1.69. The molecule has 0 aliphatic heterocycles. The largest absolute Gasteiger partial charge is 0.336 e. The van der Waals surface area contributed by atoms with E-state index in [1.807, 2.05) is 26.8 Å². The molecule has 1 aliphatic rings. The quantitative estimate of drug-likeness (QED) is 0.680. The van der Waals surface area contributed by atoms with E-state index in [1.165, 1.54) is 24.1 Å². The SMILES string of the molecule is Cc1noc2nc(C(C)C)cc(C(=O)Nc3nc4c(s3)CCCCC4)c12. The lowest BCUT2D eigenvalue weighted by Gasteiger charge is -2.08. The number of nitrogens with one attached hydrogen (secondary N) is 1. The van der Waals surface area contributed by atoms with Crippen molar-refractivity contribution in [2.45, 2.75) is 58.8 Å². The van der Waals surface area contributed by atoms with E-state index in [9.17, 15) is 4.79 Å². The van der Waals surface area contributed by atoms with Gasteiger partial charge in [-0.05, 0) is 44.6 Å². The number of hydrogen-bond acceptors (Lipinski definition) is 6. The third-order valence-corrected chi connectivity index (χ3v) is 5.86. The van der Waals surface area contributed by atoms with Gasteiger partial charge in [-0.25, -0.2) is 9.97 Å². The molecule has 4 rings (SSSR count). The molecule has 1 amide bonds. The van der Waals surface area contributed by atoms with Crippen molar-refractivity contribution in [2.75, 3.05) is 5.32 Å². The van der Waals surface area contributed by atoms with Crippen LogP contribution in [0.5, 0.6) is 0 Å². The Hall–Kier alpha value is -2.28. The number of carbonyl (C=O) groups excluding carboxylic acids is 1. The summed E-state index contributed by atoms with van der Waals surface area (Å²) in [5.41, 5.74) is 3.58. The van der Waals surface area contributed by atoms with E-state index in [1.54, 1.807) is 11.3 Å². The summed E-state index contributed by atoms with van der Waals surface area (Å²) >= 11 is 1.60. The van der Waals surface area contributed by atoms with Gasteiger partial charge in [-0.15, -0.1) is 11.3 Å². The number of thiazole rings is 1. The van der Waals surface area contributed by atoms with Crippen LogP contribution in [-0.4, -0.2) is 21.0 Å². The molecule has 1 aliphatic carbocycles. The maximum Gasteiger partial charge on any atom is 0.259 e. The van der Waals surface area contributed by atoms with E-state index in [2.05, 4.69) is 20.4 Å². The Morgan fingerprint density at radius 3 is 2.85 bits per heavy atom. The number of pyridine rings is 1. The highest BCUT2D eigenvalue weighted by Gasteiger charge is 2.21. The second-order valence-electron chi connectivity index (χ2n) is 7.10. The Labute approximate surface area is 156 Å². The summed E-state index contributed by atoms with van der Waals surface area (Å²) in [6.07, 6.45) is 5.69. The highest BCUT2D eigenvalue weighted by atomic mass is 32.1. The van der Waals surface area contributed by atoms with Crippen LogP contribution in [0.2, 0.25) is 0 Å². The second-order valence-corrected chi connectivity index (χ2v) is 8.18. The molecule has 1 N–H and O–H groups in total. The fourth-order valence-corrected chi connectivity index (χ4v) is 4.38. The molecule has 136 valence electrons. The molecule has 0 bridgehead atoms. The van der Waals surface area contributed by atoms with Crippen LogP contribution in [0.15, 0.2) is 10.6 Å². The molecule has 0 saturated carbocycles. The van der Waals surface area contributed by atoms with E-state index >= 15 is 0 Å². The fraction of sp³-hybridized carbons (Fsp3) is 0.474. The van der Waals surface area contributed by atoms with Crippen LogP contribution in [0.1, 0.15) is 71.3 Å². The lowest BCUT2D eigenvalue weighted by Crippen LogP contribution is -2.13. The highest BCUT2D eigenvalue weighted by Crippen LogP contribution is 2.30. The molecule has 0 saturated heterocycles. The van der Waals surface area contributed by atoms with Gasteiger partial charge in [0, 0.05) is 10.6 Å². The molecule has 7 heteroatoms. The zero-order chi connectivity index (χ0) is 18.3. The van der Waals surface area contributed by atoms with Gasteiger partial charge in [-0.2, -0.15) is 0 Å². The number of anilines is 1. The number of rotatable bonds is 3. The van der Waals surface area contributed by atoms with Gasteiger partial charge >= 0.3 is 0 Å². The molecule has 0 spiro atoms. The van der Waals surface area contributed by atoms with Gasteiger partial charge in [0.25, 0.3) is 11.6 Å². The Morgan fingerprint density at radius 1 is 1.23 bits per heavy atom. The van der Waals surface area contributed by atoms with E-state index in [-0.39, 0.29) is 11.8 Å². The Morgan fingerprint density at radius 2 is 2.04 bits per heavy atom. The first kappa shape index (κ1) is 17.1. The van der Waals surface area contributed by atoms with E-state index in [0.717, 1.165) is 24.2 Å². The van der Waals surface area contributed by atoms with Gasteiger partial charge in [0.05, 0.1) is 22.3 Å². The topological polar surface area (TPSA) is 80.9 Å². The summed E-state index contributed by atoms with van der Waals surface area (Å²) in [6.45, 7) is 5.90. The predicted molar refractivity (Wildman–Crippen MR) is 102 cm³/mol. The molecule has 3 heterocycles. The molecule has 3 aromatic heterocycles. The average Bonchev–Trinajstić information content (AvgIpc) is 3.10. The molecule has 6 nitrogen and oxygen atoms in total. The normalized spacial score (nSPS) is 14.5. The van der Waals surface area contributed by atoms with Crippen LogP contribution in [0.25, 0.3) is 11.1 Å². The molecular weight excluding hydrogens is 348 g/mol. The van der Waals surface area contributed by atoms with Crippen molar-refractivity contribution in [3.63, 3.8) is 0 Å². The van der Waals surface area contributed by atoms with Crippen molar-refractivity contribution < 1.29 is 9.32 Å². The predicted octanol–water partition coefficient (Wildman–Crippen LogP) is 4.63. The van der Waals surface area contributed by atoms with Crippen LogP contribution in [0.4, 0.5) is 5.13 Å². The molecule has 0 radical (unpaired) electrons. The van der Waals surface area contributed by atoms with Gasteiger partial charge in [-0.1, -0.05) is 25.4 Å². The van der Waals surface area contributed by atoms with Crippen LogP contribution < -0.4 is 5.32 Å². The Bertz CT molecular complexity index is 950. The molecule has 0 unspecified atom stereocenters. The van der Waals surface area contributed by atoms with Gasteiger partial charge in [0.15, 0.2) is 5.13 Å². The number of aryl methyl sites for hydroxylation is 3. The third kappa shape index (κ3) is 3.11. The average molecular weight is 370 g/mol. The fourth-order valence-electron chi connectivity index (χ4n) is 3.34. The first-order chi connectivity index (χ1) is 12.5. The zero-order valence-electron chi connectivity index (χ0n) is 15.3. The molecule has 0 aromatic carbocycles. The first-order valence-corrected chi connectivity index (χ1v) is 9.91. The van der Waals surface area contributed by atoms with Crippen LogP contribution in [0, 0.1) is 6.92 Å². The molecule has 26 heavy (non-hydrogen) atoms. The maximum absolute atomic E-state index is 13.0. The molecular formula is C19H22N4O2S. The van der Waals surface area contributed by atoms with Crippen molar-refractivity contribution >= 4 is 33.5 Å². The van der Waals surface area contributed by atoms with Gasteiger partial charge in [-0.3, -0.25) is 10.1 Å². The maximum atomic E-state index is 13.0. The highest BCUT2D eigenvalue weighted by molar-refractivity contribution is 7.15. The number of carbonyl (C=O) groups is 1. The number of fused-ring (bicyclic) bond motifs is 2. The van der Waals surface area contributed by atoms with Crippen LogP contribution >= 0.6 is 11.3 Å². The second kappa shape index (κ2) is 6.79. The van der Waals surface area contributed by atoms with E-state index in [0.29, 0.717) is 27.5 Å². The number of hydrogen-bond donors (Lipinski definition) is 1. The molecule has 0 fully saturated rings. The zero-order valence-corrected chi connectivity index (χ0v) is 16.1. The first-order valence-electron chi connectivity index (χ1n) is 9.09. The summed E-state index contributed by atoms with van der Waals surface area (Å²) < 4.78 is 5.31. The van der Waals surface area contributed by atoms with Crippen molar-refractivity contribution in [3.8, 4) is 0 Å². The lowest BCUT2D eigenvalue weighted by atomic mass is 10.0. The van der Waals surface area contributed by atoms with E-state index < -0.39 is 0 Å². The third-order valence-electron chi connectivity index (χ3n) is 4.79. The monoisotopic (exact) mass is 370 g/mol. The summed E-state index contributed by atoms with van der Waals surface area (Å²) in [4.78, 5) is 23.4. The minimum atomic E-state index is -0.186. The lowest BCUT2D eigenvalue weighted by molar-refractivity contribution is 0.102. The van der Waals surface area contributed by atoms with E-state index in [4.69, 9.17) is 4.52 Å². The van der Waals surface area contributed by atoms with Gasteiger partial charge in [0.2, 0.25) is 0 Å². The minimum absolute atomic E-state index is 0.186. The van der Waals surface area contributed by atoms with Crippen LogP contribution in [-0.2, 0) is 12.8 Å². The number of nitrogens with zero attached hydrogens (tertiary/aromatic N) is 3. The van der Waals surface area contributed by atoms with Crippen molar-refractivity contribution in [1.29, 1.82) is 0 Å². The number of amides is 1. The van der Waals surface area contributed by atoms with Crippen molar-refractivity contribution in [3.05, 3.63) is 33.6 Å². The molecule has 0 atom stereocenters. The summed E-state index contributed by atoms with van der Waals surface area (Å²) in [5.74, 6) is 0.00166. The van der Waals surface area contributed by atoms with Crippen LogP contribution in [0.3, 0.4) is 0 Å². The van der Waals surface area contributed by atoms with Gasteiger partial charge < -0.3 is 4.52 Å². The smallest absolute Gasteiger partial charge is 0.259 e. The summed E-state index contributed by atoms with van der Waals surface area (Å²) in [6, 6.07) is 1.84. The Kier molecular flexibility index (Phi) is 4.48. The summed E-state index contributed by atoms with van der Waals surface area (Å²) in [7, 11) is 0. The summed E-state index contributed by atoms with van der Waals surface area (Å²) in [5, 5.41) is 8.31. The minimum Gasteiger partial charge on any atom is -0.336 e. The van der Waals surface area contributed by atoms with Gasteiger partial charge in [0.1, 0.15) is 0 Å². The standard InChI is InChI=1S/C19H22N4O2S/c1-10(2)14-9-12(16-11(3)23-25-18(16)20-14)17(24)22-19-21-13-7-5-4-6-8-15(13)26-19/h9-10H,4-8H2,1-3H3,(H,21,22,24). The van der Waals surface area contributed by atoms with Crippen molar-refractivity contribution in [2.24, 2.45) is 0 Å². The number of aromatic nitrogens is 3.